The predicted octanol–water partition coefficient (Wildman–Crippen LogP) is 4.99. The van der Waals surface area contributed by atoms with Crippen LogP contribution in [-0.2, 0) is 6.42 Å². The minimum Gasteiger partial charge on any atom is -0.310 e. The zero-order valence-electron chi connectivity index (χ0n) is 12.7. The molecule has 0 heterocycles. The van der Waals surface area contributed by atoms with Crippen LogP contribution in [0, 0.1) is 19.7 Å². The summed E-state index contributed by atoms with van der Waals surface area (Å²) in [5.74, 6) is -0.138. The summed E-state index contributed by atoms with van der Waals surface area (Å²) in [6, 6.07) is 11.3. The summed E-state index contributed by atoms with van der Waals surface area (Å²) in [5, 5.41) is 4.10. The van der Waals surface area contributed by atoms with Gasteiger partial charge in [0.25, 0.3) is 0 Å². The van der Waals surface area contributed by atoms with Gasteiger partial charge in [0.2, 0.25) is 0 Å². The van der Waals surface area contributed by atoms with Crippen LogP contribution in [-0.4, -0.2) is 6.54 Å². The van der Waals surface area contributed by atoms with Gasteiger partial charge in [0.1, 0.15) is 5.82 Å². The van der Waals surface area contributed by atoms with Gasteiger partial charge in [0, 0.05) is 16.6 Å². The Labute approximate surface area is 131 Å². The third-order valence-electron chi connectivity index (χ3n) is 3.61. The topological polar surface area (TPSA) is 12.0 Å². The predicted molar refractivity (Wildman–Crippen MR) is 87.4 cm³/mol. The lowest BCUT2D eigenvalue weighted by Gasteiger charge is -2.22. The van der Waals surface area contributed by atoms with Crippen molar-refractivity contribution < 1.29 is 4.39 Å². The zero-order valence-corrected chi connectivity index (χ0v) is 13.5. The van der Waals surface area contributed by atoms with E-state index < -0.39 is 0 Å². The van der Waals surface area contributed by atoms with E-state index in [0.29, 0.717) is 5.02 Å². The van der Waals surface area contributed by atoms with Crippen LogP contribution in [0.1, 0.15) is 35.2 Å². The molecule has 3 heteroatoms. The molecular formula is C18H21ClFN. The van der Waals surface area contributed by atoms with Crippen molar-refractivity contribution in [2.45, 2.75) is 33.2 Å². The number of benzene rings is 2. The standard InChI is InChI=1S/C18H21ClFN/c1-4-21-17(11-14-6-5-7-15(19)10-14)18-13(3)8-12(2)9-16(18)20/h5-10,17,21H,4,11H2,1-3H3. The summed E-state index contributed by atoms with van der Waals surface area (Å²) in [6.45, 7) is 6.71. The molecule has 2 aromatic rings. The van der Waals surface area contributed by atoms with Gasteiger partial charge in [-0.15, -0.1) is 0 Å². The zero-order chi connectivity index (χ0) is 15.4. The normalized spacial score (nSPS) is 12.4. The molecular weight excluding hydrogens is 285 g/mol. The van der Waals surface area contributed by atoms with Gasteiger partial charge in [-0.25, -0.2) is 4.39 Å². The highest BCUT2D eigenvalue weighted by molar-refractivity contribution is 6.30. The van der Waals surface area contributed by atoms with E-state index in [1.807, 2.05) is 51.1 Å². The van der Waals surface area contributed by atoms with Gasteiger partial charge in [-0.1, -0.05) is 36.7 Å². The Morgan fingerprint density at radius 2 is 1.95 bits per heavy atom. The van der Waals surface area contributed by atoms with Crippen LogP contribution in [0.25, 0.3) is 0 Å². The van der Waals surface area contributed by atoms with Crippen molar-refractivity contribution in [1.29, 1.82) is 0 Å². The number of hydrogen-bond acceptors (Lipinski definition) is 1. The quantitative estimate of drug-likeness (QED) is 0.820. The summed E-state index contributed by atoms with van der Waals surface area (Å²) in [4.78, 5) is 0. The molecule has 0 aliphatic carbocycles. The highest BCUT2D eigenvalue weighted by Gasteiger charge is 2.18. The summed E-state index contributed by atoms with van der Waals surface area (Å²) in [6.07, 6.45) is 0.717. The Bertz CT molecular complexity index is 601. The van der Waals surface area contributed by atoms with Crippen molar-refractivity contribution in [3.05, 3.63) is 69.5 Å². The van der Waals surface area contributed by atoms with Gasteiger partial charge >= 0.3 is 0 Å². The van der Waals surface area contributed by atoms with Gasteiger partial charge in [0.05, 0.1) is 0 Å². The Hall–Kier alpha value is -1.38. The number of likely N-dealkylation sites (N-methyl/N-ethyl adjacent to an activating group) is 1. The largest absolute Gasteiger partial charge is 0.310 e. The van der Waals surface area contributed by atoms with E-state index in [-0.39, 0.29) is 11.9 Å². The van der Waals surface area contributed by atoms with Gasteiger partial charge in [-0.05, 0) is 61.7 Å². The highest BCUT2D eigenvalue weighted by Crippen LogP contribution is 2.26. The van der Waals surface area contributed by atoms with E-state index in [1.54, 1.807) is 6.07 Å². The first-order chi connectivity index (χ1) is 10.0. The summed E-state index contributed by atoms with van der Waals surface area (Å²) in [7, 11) is 0. The van der Waals surface area contributed by atoms with Crippen LogP contribution in [0.3, 0.4) is 0 Å². The molecule has 1 atom stereocenters. The molecule has 0 aliphatic rings. The van der Waals surface area contributed by atoms with Gasteiger partial charge in [0.15, 0.2) is 0 Å². The second-order valence-electron chi connectivity index (χ2n) is 5.42. The Kier molecular flexibility index (Phi) is 5.38. The molecule has 112 valence electrons. The molecule has 2 aromatic carbocycles. The molecule has 1 unspecified atom stereocenters. The lowest BCUT2D eigenvalue weighted by atomic mass is 9.93. The number of aryl methyl sites for hydroxylation is 2. The lowest BCUT2D eigenvalue weighted by Crippen LogP contribution is -2.25. The molecule has 0 spiro atoms. The van der Waals surface area contributed by atoms with Crippen LogP contribution in [0.15, 0.2) is 36.4 Å². The lowest BCUT2D eigenvalue weighted by molar-refractivity contribution is 0.506. The van der Waals surface area contributed by atoms with Crippen molar-refractivity contribution in [2.24, 2.45) is 0 Å². The summed E-state index contributed by atoms with van der Waals surface area (Å²) in [5.41, 5.74) is 3.79. The van der Waals surface area contributed by atoms with Gasteiger partial charge < -0.3 is 5.32 Å². The monoisotopic (exact) mass is 305 g/mol. The molecule has 0 fully saturated rings. The minimum atomic E-state index is -0.138. The molecule has 0 amide bonds. The second kappa shape index (κ2) is 7.06. The molecule has 2 rings (SSSR count). The van der Waals surface area contributed by atoms with Crippen molar-refractivity contribution >= 4 is 11.6 Å². The summed E-state index contributed by atoms with van der Waals surface area (Å²) < 4.78 is 14.4. The molecule has 0 radical (unpaired) electrons. The van der Waals surface area contributed by atoms with Crippen LogP contribution in [0.2, 0.25) is 5.02 Å². The van der Waals surface area contributed by atoms with E-state index in [2.05, 4.69) is 5.32 Å². The van der Waals surface area contributed by atoms with Crippen molar-refractivity contribution in [2.75, 3.05) is 6.54 Å². The van der Waals surface area contributed by atoms with Crippen LogP contribution >= 0.6 is 11.6 Å². The molecule has 0 saturated heterocycles. The maximum Gasteiger partial charge on any atom is 0.128 e. The average molecular weight is 306 g/mol. The van der Waals surface area contributed by atoms with E-state index in [0.717, 1.165) is 35.2 Å². The first-order valence-electron chi connectivity index (χ1n) is 7.25. The van der Waals surface area contributed by atoms with Crippen molar-refractivity contribution in [3.8, 4) is 0 Å². The van der Waals surface area contributed by atoms with Crippen LogP contribution in [0.4, 0.5) is 4.39 Å². The minimum absolute atomic E-state index is 0.0472. The molecule has 1 nitrogen and oxygen atoms in total. The van der Waals surface area contributed by atoms with E-state index in [9.17, 15) is 4.39 Å². The number of nitrogens with one attached hydrogen (secondary N) is 1. The SMILES string of the molecule is CCNC(Cc1cccc(Cl)c1)c1c(C)cc(C)cc1F. The van der Waals surface area contributed by atoms with E-state index >= 15 is 0 Å². The highest BCUT2D eigenvalue weighted by atomic mass is 35.5. The van der Waals surface area contributed by atoms with E-state index in [1.165, 1.54) is 0 Å². The Morgan fingerprint density at radius 1 is 1.19 bits per heavy atom. The Balaban J connectivity index is 2.35. The molecule has 0 bridgehead atoms. The van der Waals surface area contributed by atoms with Gasteiger partial charge in [-0.3, -0.25) is 0 Å². The number of hydrogen-bond donors (Lipinski definition) is 1. The maximum absolute atomic E-state index is 14.4. The van der Waals surface area contributed by atoms with E-state index in [4.69, 9.17) is 11.6 Å². The molecule has 21 heavy (non-hydrogen) atoms. The molecule has 0 aromatic heterocycles. The number of halogens is 2. The van der Waals surface area contributed by atoms with Crippen molar-refractivity contribution in [1.82, 2.24) is 5.32 Å². The fourth-order valence-electron chi connectivity index (χ4n) is 2.79. The molecule has 0 aliphatic heterocycles. The third kappa shape index (κ3) is 4.05. The first-order valence-corrected chi connectivity index (χ1v) is 7.63. The average Bonchev–Trinajstić information content (AvgIpc) is 2.37. The molecule has 0 saturated carbocycles. The van der Waals surface area contributed by atoms with Crippen molar-refractivity contribution in [3.63, 3.8) is 0 Å². The van der Waals surface area contributed by atoms with Crippen LogP contribution < -0.4 is 5.32 Å². The Morgan fingerprint density at radius 3 is 2.57 bits per heavy atom. The second-order valence-corrected chi connectivity index (χ2v) is 5.86. The maximum atomic E-state index is 14.4. The molecule has 1 N–H and O–H groups in total. The number of rotatable bonds is 5. The third-order valence-corrected chi connectivity index (χ3v) is 3.84. The fourth-order valence-corrected chi connectivity index (χ4v) is 3.00. The summed E-state index contributed by atoms with van der Waals surface area (Å²) >= 11 is 6.04. The van der Waals surface area contributed by atoms with Crippen LogP contribution in [0.5, 0.6) is 0 Å². The smallest absolute Gasteiger partial charge is 0.128 e. The fraction of sp³-hybridized carbons (Fsp3) is 0.333. The van der Waals surface area contributed by atoms with Gasteiger partial charge in [-0.2, -0.15) is 0 Å². The first kappa shape index (κ1) is 16.0.